The zero-order valence-corrected chi connectivity index (χ0v) is 19.3. The van der Waals surface area contributed by atoms with E-state index in [1.54, 1.807) is 55.5 Å². The summed E-state index contributed by atoms with van der Waals surface area (Å²) in [5, 5.41) is 2.50. The standard InChI is InChI=1S/C26H20ClFN2O5/c1-2-34-23-13-16(10-11-22(23)35-15-17-6-3-4-9-21(17)28)12-20-24(31)29-26(33)30(25(20)32)19-8-5-7-18(27)14-19/h3-14H,2,15H2,1H3,(H,29,31,33)/b20-12+. The molecular weight excluding hydrogens is 475 g/mol. The number of barbiturate groups is 1. The predicted octanol–water partition coefficient (Wildman–Crippen LogP) is 5.12. The zero-order chi connectivity index (χ0) is 24.9. The number of nitrogens with zero attached hydrogens (tertiary/aromatic N) is 1. The van der Waals surface area contributed by atoms with Crippen molar-refractivity contribution in [3.05, 3.63) is 94.3 Å². The number of urea groups is 1. The molecule has 0 atom stereocenters. The Hall–Kier alpha value is -4.17. The summed E-state index contributed by atoms with van der Waals surface area (Å²) < 4.78 is 25.3. The monoisotopic (exact) mass is 494 g/mol. The molecule has 1 aliphatic rings. The minimum atomic E-state index is -0.869. The first-order valence-electron chi connectivity index (χ1n) is 10.7. The largest absolute Gasteiger partial charge is 0.490 e. The van der Waals surface area contributed by atoms with Crippen molar-refractivity contribution >= 4 is 41.2 Å². The van der Waals surface area contributed by atoms with Crippen molar-refractivity contribution in [2.75, 3.05) is 11.5 Å². The highest BCUT2D eigenvalue weighted by Crippen LogP contribution is 2.31. The highest BCUT2D eigenvalue weighted by Gasteiger charge is 2.36. The predicted molar refractivity (Wildman–Crippen MR) is 129 cm³/mol. The van der Waals surface area contributed by atoms with Gasteiger partial charge < -0.3 is 9.47 Å². The van der Waals surface area contributed by atoms with Gasteiger partial charge in [-0.15, -0.1) is 0 Å². The van der Waals surface area contributed by atoms with E-state index in [4.69, 9.17) is 21.1 Å². The molecule has 3 aromatic rings. The molecule has 178 valence electrons. The van der Waals surface area contributed by atoms with E-state index >= 15 is 0 Å². The van der Waals surface area contributed by atoms with E-state index in [-0.39, 0.29) is 23.7 Å². The van der Waals surface area contributed by atoms with E-state index in [2.05, 4.69) is 5.32 Å². The number of anilines is 1. The molecule has 1 N–H and O–H groups in total. The molecule has 1 aliphatic heterocycles. The van der Waals surface area contributed by atoms with Crippen molar-refractivity contribution in [3.63, 3.8) is 0 Å². The SMILES string of the molecule is CCOc1cc(/C=C2\C(=O)NC(=O)N(c3cccc(Cl)c3)C2=O)ccc1OCc1ccccc1F. The Kier molecular flexibility index (Phi) is 7.12. The third kappa shape index (κ3) is 5.33. The Bertz CT molecular complexity index is 1340. The highest BCUT2D eigenvalue weighted by atomic mass is 35.5. The first kappa shape index (κ1) is 24.0. The maximum absolute atomic E-state index is 13.9. The molecule has 0 aliphatic carbocycles. The minimum Gasteiger partial charge on any atom is -0.490 e. The van der Waals surface area contributed by atoms with Gasteiger partial charge in [0.25, 0.3) is 11.8 Å². The fraction of sp³-hybridized carbons (Fsp3) is 0.115. The van der Waals surface area contributed by atoms with Crippen LogP contribution in [0.25, 0.3) is 6.08 Å². The summed E-state index contributed by atoms with van der Waals surface area (Å²) >= 11 is 5.99. The summed E-state index contributed by atoms with van der Waals surface area (Å²) in [4.78, 5) is 38.7. The van der Waals surface area contributed by atoms with Crippen LogP contribution in [0.4, 0.5) is 14.9 Å². The van der Waals surface area contributed by atoms with Crippen molar-refractivity contribution < 1.29 is 28.2 Å². The number of benzene rings is 3. The van der Waals surface area contributed by atoms with Gasteiger partial charge in [-0.05, 0) is 55.0 Å². The first-order valence-corrected chi connectivity index (χ1v) is 11.0. The fourth-order valence-corrected chi connectivity index (χ4v) is 3.63. The van der Waals surface area contributed by atoms with E-state index in [0.717, 1.165) is 4.90 Å². The van der Waals surface area contributed by atoms with E-state index in [9.17, 15) is 18.8 Å². The van der Waals surface area contributed by atoms with Crippen LogP contribution in [0.1, 0.15) is 18.1 Å². The number of carbonyl (C=O) groups excluding carboxylic acids is 3. The van der Waals surface area contributed by atoms with Crippen molar-refractivity contribution in [2.24, 2.45) is 0 Å². The summed E-state index contributed by atoms with van der Waals surface area (Å²) in [7, 11) is 0. The van der Waals surface area contributed by atoms with Gasteiger partial charge in [0.15, 0.2) is 11.5 Å². The van der Waals surface area contributed by atoms with Gasteiger partial charge in [-0.25, -0.2) is 14.1 Å². The quantitative estimate of drug-likeness (QED) is 0.364. The second kappa shape index (κ2) is 10.4. The van der Waals surface area contributed by atoms with Crippen LogP contribution in [-0.2, 0) is 16.2 Å². The van der Waals surface area contributed by atoms with Gasteiger partial charge >= 0.3 is 6.03 Å². The number of ether oxygens (including phenoxy) is 2. The van der Waals surface area contributed by atoms with Gasteiger partial charge in [0, 0.05) is 10.6 Å². The molecule has 0 bridgehead atoms. The van der Waals surface area contributed by atoms with Crippen LogP contribution in [0, 0.1) is 5.82 Å². The van der Waals surface area contributed by atoms with Crippen LogP contribution >= 0.6 is 11.6 Å². The molecule has 0 unspecified atom stereocenters. The molecule has 4 rings (SSSR count). The van der Waals surface area contributed by atoms with Crippen LogP contribution in [0.2, 0.25) is 5.02 Å². The molecule has 0 spiro atoms. The van der Waals surface area contributed by atoms with Crippen LogP contribution in [-0.4, -0.2) is 24.5 Å². The molecule has 35 heavy (non-hydrogen) atoms. The van der Waals surface area contributed by atoms with Crippen LogP contribution < -0.4 is 19.7 Å². The Morgan fingerprint density at radius 1 is 0.971 bits per heavy atom. The lowest BCUT2D eigenvalue weighted by Crippen LogP contribution is -2.54. The molecule has 0 aromatic heterocycles. The molecule has 4 amide bonds. The van der Waals surface area contributed by atoms with Crippen molar-refractivity contribution in [1.29, 1.82) is 0 Å². The number of hydrogen-bond donors (Lipinski definition) is 1. The summed E-state index contributed by atoms with van der Waals surface area (Å²) in [5.41, 5.74) is 0.833. The maximum Gasteiger partial charge on any atom is 0.335 e. The summed E-state index contributed by atoms with van der Waals surface area (Å²) in [5.74, 6) is -1.28. The highest BCUT2D eigenvalue weighted by molar-refractivity contribution is 6.39. The normalized spacial score (nSPS) is 14.8. The molecular formula is C26H20ClFN2O5. The molecule has 0 radical (unpaired) electrons. The molecule has 1 heterocycles. The topological polar surface area (TPSA) is 84.9 Å². The number of halogens is 2. The Morgan fingerprint density at radius 2 is 1.77 bits per heavy atom. The average molecular weight is 495 g/mol. The molecule has 9 heteroatoms. The smallest absolute Gasteiger partial charge is 0.335 e. The summed E-state index contributed by atoms with van der Waals surface area (Å²) in [6, 6.07) is 16.4. The molecule has 7 nitrogen and oxygen atoms in total. The number of amides is 4. The minimum absolute atomic E-state index is 0.00914. The van der Waals surface area contributed by atoms with Gasteiger partial charge in [0.1, 0.15) is 18.0 Å². The number of nitrogens with one attached hydrogen (secondary N) is 1. The Labute approximate surface area is 205 Å². The molecule has 0 saturated carbocycles. The van der Waals surface area contributed by atoms with Crippen molar-refractivity contribution in [2.45, 2.75) is 13.5 Å². The number of carbonyl (C=O) groups is 3. The van der Waals surface area contributed by atoms with Gasteiger partial charge in [0.2, 0.25) is 0 Å². The first-order chi connectivity index (χ1) is 16.9. The number of hydrogen-bond acceptors (Lipinski definition) is 5. The number of rotatable bonds is 7. The summed E-state index contributed by atoms with van der Waals surface area (Å²) in [6.45, 7) is 2.11. The Balaban J connectivity index is 1.62. The third-order valence-corrected chi connectivity index (χ3v) is 5.32. The third-order valence-electron chi connectivity index (χ3n) is 5.09. The van der Waals surface area contributed by atoms with Crippen LogP contribution in [0.3, 0.4) is 0 Å². The second-order valence-electron chi connectivity index (χ2n) is 7.46. The van der Waals surface area contributed by atoms with Crippen LogP contribution in [0.15, 0.2) is 72.3 Å². The van der Waals surface area contributed by atoms with Gasteiger partial charge in [-0.3, -0.25) is 14.9 Å². The van der Waals surface area contributed by atoms with Gasteiger partial charge in [-0.1, -0.05) is 41.9 Å². The fourth-order valence-electron chi connectivity index (χ4n) is 3.45. The maximum atomic E-state index is 13.9. The van der Waals surface area contributed by atoms with E-state index in [1.165, 1.54) is 24.3 Å². The second-order valence-corrected chi connectivity index (χ2v) is 7.89. The lowest BCUT2D eigenvalue weighted by Gasteiger charge is -2.26. The lowest BCUT2D eigenvalue weighted by atomic mass is 10.1. The lowest BCUT2D eigenvalue weighted by molar-refractivity contribution is -0.122. The van der Waals surface area contributed by atoms with E-state index in [0.29, 0.717) is 34.3 Å². The number of imide groups is 2. The van der Waals surface area contributed by atoms with Crippen molar-refractivity contribution in [3.8, 4) is 11.5 Å². The van der Waals surface area contributed by atoms with Crippen molar-refractivity contribution in [1.82, 2.24) is 5.32 Å². The zero-order valence-electron chi connectivity index (χ0n) is 18.6. The summed E-state index contributed by atoms with van der Waals surface area (Å²) in [6.07, 6.45) is 1.35. The Morgan fingerprint density at radius 3 is 2.51 bits per heavy atom. The molecule has 1 saturated heterocycles. The van der Waals surface area contributed by atoms with Crippen LogP contribution in [0.5, 0.6) is 11.5 Å². The van der Waals surface area contributed by atoms with E-state index < -0.39 is 17.8 Å². The van der Waals surface area contributed by atoms with Gasteiger partial charge in [-0.2, -0.15) is 0 Å². The molecule has 1 fully saturated rings. The molecule has 3 aromatic carbocycles. The van der Waals surface area contributed by atoms with E-state index in [1.807, 2.05) is 0 Å². The average Bonchev–Trinajstić information content (AvgIpc) is 2.82. The van der Waals surface area contributed by atoms with Gasteiger partial charge in [0.05, 0.1) is 12.3 Å².